The highest BCUT2D eigenvalue weighted by atomic mass is 16.2. The van der Waals surface area contributed by atoms with Gasteiger partial charge in [0.05, 0.1) is 11.1 Å². The van der Waals surface area contributed by atoms with E-state index in [4.69, 9.17) is 0 Å². The Morgan fingerprint density at radius 1 is 1.23 bits per heavy atom. The summed E-state index contributed by atoms with van der Waals surface area (Å²) in [5.74, 6) is -2.36. The maximum Gasteiger partial charge on any atom is 0.264 e. The summed E-state index contributed by atoms with van der Waals surface area (Å²) in [5, 5.41) is 7.64. The van der Waals surface area contributed by atoms with Crippen LogP contribution in [0.4, 0.5) is 5.69 Å². The Labute approximate surface area is 149 Å². The molecule has 0 saturated carbocycles. The number of rotatable bonds is 5. The van der Waals surface area contributed by atoms with Gasteiger partial charge in [-0.25, -0.2) is 0 Å². The second kappa shape index (κ2) is 6.95. The molecule has 0 radical (unpaired) electrons. The molecule has 136 valence electrons. The van der Waals surface area contributed by atoms with Gasteiger partial charge in [0.15, 0.2) is 0 Å². The molecule has 1 atom stereocenters. The zero-order valence-corrected chi connectivity index (χ0v) is 14.1. The van der Waals surface area contributed by atoms with E-state index < -0.39 is 29.7 Å². The lowest BCUT2D eigenvalue weighted by molar-refractivity contribution is -0.136. The predicted molar refractivity (Wildman–Crippen MR) is 90.3 cm³/mol. The lowest BCUT2D eigenvalue weighted by atomic mass is 10.0. The van der Waals surface area contributed by atoms with Crippen molar-refractivity contribution in [2.45, 2.75) is 25.3 Å². The van der Waals surface area contributed by atoms with E-state index in [1.54, 1.807) is 12.1 Å². The number of fused-ring (bicyclic) bond motifs is 1. The van der Waals surface area contributed by atoms with Crippen molar-refractivity contribution < 1.29 is 24.0 Å². The fraction of sp³-hybridized carbons (Fsp3) is 0.353. The van der Waals surface area contributed by atoms with E-state index in [-0.39, 0.29) is 42.8 Å². The number of nitrogens with zero attached hydrogens (tertiary/aromatic N) is 1. The summed E-state index contributed by atoms with van der Waals surface area (Å²) in [6.45, 7) is 0.288. The third-order valence-corrected chi connectivity index (χ3v) is 4.41. The highest BCUT2D eigenvalue weighted by Crippen LogP contribution is 2.32. The number of amides is 5. The molecule has 9 heteroatoms. The van der Waals surface area contributed by atoms with Gasteiger partial charge in [0, 0.05) is 32.1 Å². The molecule has 2 aliphatic rings. The number of carbonyl (C=O) groups excluding carboxylic acids is 5. The van der Waals surface area contributed by atoms with Crippen LogP contribution in [0.1, 0.15) is 40.0 Å². The fourth-order valence-corrected chi connectivity index (χ4v) is 3.10. The second-order valence-corrected chi connectivity index (χ2v) is 6.03. The third-order valence-electron chi connectivity index (χ3n) is 4.41. The number of imide groups is 2. The van der Waals surface area contributed by atoms with E-state index in [2.05, 4.69) is 16.0 Å². The standard InChI is InChI=1S/C17H18N4O5/c1-18-12(22)7-8-19-10-4-2-3-9-14(10)17(26)21(16(9)25)11-5-6-13(23)20-15(11)24/h2-4,11,19H,5-8H2,1H3,(H,18,22)(H,20,23,24). The van der Waals surface area contributed by atoms with Gasteiger partial charge in [-0.15, -0.1) is 0 Å². The first-order chi connectivity index (χ1) is 12.4. The topological polar surface area (TPSA) is 125 Å². The Bertz CT molecular complexity index is 819. The van der Waals surface area contributed by atoms with Gasteiger partial charge < -0.3 is 10.6 Å². The third kappa shape index (κ3) is 3.03. The minimum absolute atomic E-state index is 0.0705. The highest BCUT2D eigenvalue weighted by Gasteiger charge is 2.45. The average Bonchev–Trinajstić information content (AvgIpc) is 2.87. The summed E-state index contributed by atoms with van der Waals surface area (Å²) in [5.41, 5.74) is 0.809. The smallest absolute Gasteiger partial charge is 0.264 e. The molecule has 26 heavy (non-hydrogen) atoms. The van der Waals surface area contributed by atoms with Crippen molar-refractivity contribution in [2.24, 2.45) is 0 Å². The normalized spacial score (nSPS) is 19.3. The maximum atomic E-state index is 12.8. The largest absolute Gasteiger partial charge is 0.384 e. The van der Waals surface area contributed by atoms with Gasteiger partial charge in [-0.1, -0.05) is 6.07 Å². The van der Waals surface area contributed by atoms with Crippen molar-refractivity contribution in [3.05, 3.63) is 29.3 Å². The van der Waals surface area contributed by atoms with E-state index in [0.29, 0.717) is 5.69 Å². The number of benzene rings is 1. The Balaban J connectivity index is 1.83. The van der Waals surface area contributed by atoms with Gasteiger partial charge in [-0.2, -0.15) is 0 Å². The molecule has 2 heterocycles. The molecule has 1 aromatic carbocycles. The monoisotopic (exact) mass is 358 g/mol. The van der Waals surface area contributed by atoms with E-state index >= 15 is 0 Å². The van der Waals surface area contributed by atoms with Crippen molar-refractivity contribution >= 4 is 35.2 Å². The van der Waals surface area contributed by atoms with Crippen LogP contribution in [0.5, 0.6) is 0 Å². The molecule has 1 unspecified atom stereocenters. The van der Waals surface area contributed by atoms with Gasteiger partial charge in [-0.05, 0) is 18.6 Å². The molecule has 9 nitrogen and oxygen atoms in total. The second-order valence-electron chi connectivity index (χ2n) is 6.03. The van der Waals surface area contributed by atoms with Gasteiger partial charge in [-0.3, -0.25) is 34.2 Å². The summed E-state index contributed by atoms with van der Waals surface area (Å²) in [4.78, 5) is 61.1. The lowest BCUT2D eigenvalue weighted by Gasteiger charge is -2.27. The van der Waals surface area contributed by atoms with Crippen molar-refractivity contribution in [1.82, 2.24) is 15.5 Å². The Morgan fingerprint density at radius 2 is 2.00 bits per heavy atom. The van der Waals surface area contributed by atoms with Crippen LogP contribution >= 0.6 is 0 Å². The SMILES string of the molecule is CNC(=O)CCNc1cccc2c1C(=O)N(C1CCC(=O)NC1=O)C2=O. The van der Waals surface area contributed by atoms with Crippen molar-refractivity contribution in [1.29, 1.82) is 0 Å². The summed E-state index contributed by atoms with van der Waals surface area (Å²) in [6, 6.07) is 3.78. The molecule has 1 fully saturated rings. The zero-order valence-electron chi connectivity index (χ0n) is 14.1. The molecular formula is C17H18N4O5. The first-order valence-electron chi connectivity index (χ1n) is 8.23. The molecule has 3 N–H and O–H groups in total. The van der Waals surface area contributed by atoms with Gasteiger partial charge >= 0.3 is 0 Å². The average molecular weight is 358 g/mol. The number of piperidine rings is 1. The van der Waals surface area contributed by atoms with Gasteiger partial charge in [0.1, 0.15) is 6.04 Å². The Morgan fingerprint density at radius 3 is 2.69 bits per heavy atom. The van der Waals surface area contributed by atoms with E-state index in [1.165, 1.54) is 13.1 Å². The molecule has 1 aromatic rings. The van der Waals surface area contributed by atoms with Crippen molar-refractivity contribution in [2.75, 3.05) is 18.9 Å². The van der Waals surface area contributed by atoms with Gasteiger partial charge in [0.25, 0.3) is 11.8 Å². The summed E-state index contributed by atoms with van der Waals surface area (Å²) in [6.07, 6.45) is 0.385. The first-order valence-corrected chi connectivity index (χ1v) is 8.23. The predicted octanol–water partition coefficient (Wildman–Crippen LogP) is -0.364. The molecule has 0 spiro atoms. The van der Waals surface area contributed by atoms with Crippen LogP contribution in [0.2, 0.25) is 0 Å². The summed E-state index contributed by atoms with van der Waals surface area (Å²) >= 11 is 0. The molecule has 0 aromatic heterocycles. The first kappa shape index (κ1) is 17.6. The molecule has 1 saturated heterocycles. The van der Waals surface area contributed by atoms with Crippen molar-refractivity contribution in [3.63, 3.8) is 0 Å². The summed E-state index contributed by atoms with van der Waals surface area (Å²) < 4.78 is 0. The Kier molecular flexibility index (Phi) is 4.70. The van der Waals surface area contributed by atoms with Crippen LogP contribution < -0.4 is 16.0 Å². The highest BCUT2D eigenvalue weighted by molar-refractivity contribution is 6.25. The summed E-state index contributed by atoms with van der Waals surface area (Å²) in [7, 11) is 1.53. The molecule has 0 aliphatic carbocycles. The number of hydrogen-bond donors (Lipinski definition) is 3. The van der Waals surface area contributed by atoms with Gasteiger partial charge in [0.2, 0.25) is 17.7 Å². The minimum atomic E-state index is -1.00. The lowest BCUT2D eigenvalue weighted by Crippen LogP contribution is -2.54. The number of anilines is 1. The van der Waals surface area contributed by atoms with E-state index in [1.807, 2.05) is 0 Å². The quantitative estimate of drug-likeness (QED) is 0.617. The molecule has 0 bridgehead atoms. The zero-order chi connectivity index (χ0) is 18.8. The fourth-order valence-electron chi connectivity index (χ4n) is 3.10. The van der Waals surface area contributed by atoms with Crippen LogP contribution in [0, 0.1) is 0 Å². The molecular weight excluding hydrogens is 340 g/mol. The minimum Gasteiger partial charge on any atom is -0.384 e. The number of nitrogens with one attached hydrogen (secondary N) is 3. The van der Waals surface area contributed by atoms with Crippen molar-refractivity contribution in [3.8, 4) is 0 Å². The molecule has 5 amide bonds. The maximum absolute atomic E-state index is 12.8. The van der Waals surface area contributed by atoms with Crippen LogP contribution in [0.25, 0.3) is 0 Å². The molecule has 2 aliphatic heterocycles. The van der Waals surface area contributed by atoms with Crippen LogP contribution in [0.15, 0.2) is 18.2 Å². The van der Waals surface area contributed by atoms with E-state index in [9.17, 15) is 24.0 Å². The number of hydrogen-bond acceptors (Lipinski definition) is 6. The van der Waals surface area contributed by atoms with Crippen LogP contribution in [0.3, 0.4) is 0 Å². The van der Waals surface area contributed by atoms with E-state index in [0.717, 1.165) is 4.90 Å². The molecule has 3 rings (SSSR count). The Hall–Kier alpha value is -3.23. The van der Waals surface area contributed by atoms with Crippen LogP contribution in [-0.4, -0.2) is 54.1 Å². The van der Waals surface area contributed by atoms with Crippen LogP contribution in [-0.2, 0) is 14.4 Å². The number of carbonyl (C=O) groups is 5.